The van der Waals surface area contributed by atoms with Crippen LogP contribution in [0.15, 0.2) is 30.3 Å². The number of benzene rings is 1. The molecule has 0 saturated heterocycles. The van der Waals surface area contributed by atoms with Crippen LogP contribution in [0.2, 0.25) is 0 Å². The number of nitrogens with one attached hydrogen (secondary N) is 1. The van der Waals surface area contributed by atoms with Crippen molar-refractivity contribution in [2.45, 2.75) is 6.18 Å². The number of para-hydroxylation sites is 1. The number of alkyl halides is 3. The Hall–Kier alpha value is -2.31. The Balaban J connectivity index is 2.96. The molecule has 0 bridgehead atoms. The molecule has 0 fully saturated rings. The second kappa shape index (κ2) is 5.35. The van der Waals surface area contributed by atoms with E-state index in [2.05, 4.69) is 0 Å². The third-order valence-electron chi connectivity index (χ3n) is 1.87. The number of amides is 1. The molecule has 7 heteroatoms. The van der Waals surface area contributed by atoms with Gasteiger partial charge in [0.1, 0.15) is 0 Å². The van der Waals surface area contributed by atoms with E-state index in [1.165, 1.54) is 24.3 Å². The molecule has 18 heavy (non-hydrogen) atoms. The zero-order valence-corrected chi connectivity index (χ0v) is 8.86. The van der Waals surface area contributed by atoms with Gasteiger partial charge in [0.15, 0.2) is 0 Å². The number of aliphatic carboxylic acids is 1. The van der Waals surface area contributed by atoms with Crippen LogP contribution in [0.1, 0.15) is 5.56 Å². The molecular formula is C11H8F3NO3. The first-order valence-electron chi connectivity index (χ1n) is 4.69. The van der Waals surface area contributed by atoms with E-state index >= 15 is 0 Å². The minimum Gasteiger partial charge on any atom is -0.478 e. The molecule has 1 aromatic carbocycles. The zero-order chi connectivity index (χ0) is 13.8. The summed E-state index contributed by atoms with van der Waals surface area (Å²) in [6.45, 7) is 0. The van der Waals surface area contributed by atoms with E-state index < -0.39 is 18.1 Å². The van der Waals surface area contributed by atoms with E-state index in [0.717, 1.165) is 12.2 Å². The summed E-state index contributed by atoms with van der Waals surface area (Å²) in [5.74, 6) is -3.36. The lowest BCUT2D eigenvalue weighted by molar-refractivity contribution is -0.167. The van der Waals surface area contributed by atoms with Crippen molar-refractivity contribution in [1.29, 1.82) is 0 Å². The average molecular weight is 259 g/mol. The Morgan fingerprint density at radius 3 is 2.39 bits per heavy atom. The van der Waals surface area contributed by atoms with Crippen molar-refractivity contribution in [1.82, 2.24) is 0 Å². The van der Waals surface area contributed by atoms with Gasteiger partial charge in [-0.25, -0.2) is 4.79 Å². The number of hydrogen-bond acceptors (Lipinski definition) is 2. The van der Waals surface area contributed by atoms with E-state index in [4.69, 9.17) is 5.11 Å². The van der Waals surface area contributed by atoms with Crippen LogP contribution >= 0.6 is 0 Å². The molecule has 96 valence electrons. The minimum atomic E-state index is -5.00. The van der Waals surface area contributed by atoms with Gasteiger partial charge in [-0.3, -0.25) is 4.79 Å². The molecule has 1 amide bonds. The van der Waals surface area contributed by atoms with Gasteiger partial charge in [-0.2, -0.15) is 13.2 Å². The van der Waals surface area contributed by atoms with Gasteiger partial charge >= 0.3 is 18.1 Å². The van der Waals surface area contributed by atoms with Crippen molar-refractivity contribution in [2.24, 2.45) is 0 Å². The highest BCUT2D eigenvalue weighted by molar-refractivity contribution is 5.97. The van der Waals surface area contributed by atoms with Gasteiger partial charge in [-0.15, -0.1) is 0 Å². The maximum Gasteiger partial charge on any atom is 0.471 e. The van der Waals surface area contributed by atoms with Crippen LogP contribution in [-0.4, -0.2) is 23.2 Å². The van der Waals surface area contributed by atoms with E-state index in [-0.39, 0.29) is 11.3 Å². The number of halogens is 3. The summed E-state index contributed by atoms with van der Waals surface area (Å²) < 4.78 is 36.2. The van der Waals surface area contributed by atoms with Crippen LogP contribution in [-0.2, 0) is 9.59 Å². The molecule has 2 N–H and O–H groups in total. The summed E-state index contributed by atoms with van der Waals surface area (Å²) in [5.41, 5.74) is 0.0508. The number of carbonyl (C=O) groups excluding carboxylic acids is 1. The predicted molar refractivity (Wildman–Crippen MR) is 57.8 cm³/mol. The fourth-order valence-electron chi connectivity index (χ4n) is 1.11. The number of rotatable bonds is 3. The number of carbonyl (C=O) groups is 2. The third-order valence-corrected chi connectivity index (χ3v) is 1.87. The lowest BCUT2D eigenvalue weighted by Crippen LogP contribution is -2.30. The normalized spacial score (nSPS) is 11.5. The van der Waals surface area contributed by atoms with Gasteiger partial charge < -0.3 is 10.4 Å². The first kappa shape index (κ1) is 13.8. The minimum absolute atomic E-state index is 0.114. The van der Waals surface area contributed by atoms with E-state index in [1.807, 2.05) is 0 Å². The van der Waals surface area contributed by atoms with E-state index in [1.54, 1.807) is 5.32 Å². The average Bonchev–Trinajstić information content (AvgIpc) is 2.26. The maximum absolute atomic E-state index is 12.1. The smallest absolute Gasteiger partial charge is 0.471 e. The molecule has 0 aromatic heterocycles. The molecule has 0 atom stereocenters. The Morgan fingerprint density at radius 2 is 1.83 bits per heavy atom. The first-order valence-corrected chi connectivity index (χ1v) is 4.69. The Bertz CT molecular complexity index is 495. The SMILES string of the molecule is O=C(O)/C=C/c1ccccc1NC(=O)C(F)(F)F. The molecule has 0 aliphatic heterocycles. The molecule has 0 spiro atoms. The molecule has 0 unspecified atom stereocenters. The monoisotopic (exact) mass is 259 g/mol. The summed E-state index contributed by atoms with van der Waals surface area (Å²) in [6, 6.07) is 5.55. The lowest BCUT2D eigenvalue weighted by Gasteiger charge is -2.10. The van der Waals surface area contributed by atoms with Crippen LogP contribution in [0.3, 0.4) is 0 Å². The summed E-state index contributed by atoms with van der Waals surface area (Å²) in [6.07, 6.45) is -3.14. The molecule has 0 heterocycles. The summed E-state index contributed by atoms with van der Waals surface area (Å²) in [5, 5.41) is 10.1. The Kier molecular flexibility index (Phi) is 4.09. The highest BCUT2D eigenvalue weighted by Gasteiger charge is 2.38. The number of anilines is 1. The van der Waals surface area contributed by atoms with E-state index in [9.17, 15) is 22.8 Å². The molecule has 0 aliphatic carbocycles. The Labute approximate surface area is 99.7 Å². The van der Waals surface area contributed by atoms with Crippen molar-refractivity contribution in [3.8, 4) is 0 Å². The standard InChI is InChI=1S/C11H8F3NO3/c12-11(13,14)10(18)15-8-4-2-1-3-7(8)5-6-9(16)17/h1-6H,(H,15,18)(H,16,17)/b6-5+. The maximum atomic E-state index is 12.1. The van der Waals surface area contributed by atoms with Crippen LogP contribution in [0.4, 0.5) is 18.9 Å². The van der Waals surface area contributed by atoms with Crippen LogP contribution in [0, 0.1) is 0 Å². The molecule has 4 nitrogen and oxygen atoms in total. The topological polar surface area (TPSA) is 66.4 Å². The lowest BCUT2D eigenvalue weighted by atomic mass is 10.1. The number of carboxylic acid groups (broad SMARTS) is 1. The fraction of sp³-hybridized carbons (Fsp3) is 0.0909. The highest BCUT2D eigenvalue weighted by atomic mass is 19.4. The summed E-state index contributed by atoms with van der Waals surface area (Å²) in [7, 11) is 0. The zero-order valence-electron chi connectivity index (χ0n) is 8.86. The van der Waals surface area contributed by atoms with E-state index in [0.29, 0.717) is 0 Å². The molecule has 0 saturated carbocycles. The van der Waals surface area contributed by atoms with Crippen molar-refractivity contribution in [3.05, 3.63) is 35.9 Å². The third kappa shape index (κ3) is 3.93. The van der Waals surface area contributed by atoms with Crippen LogP contribution in [0.25, 0.3) is 6.08 Å². The highest BCUT2D eigenvalue weighted by Crippen LogP contribution is 2.21. The fourth-order valence-corrected chi connectivity index (χ4v) is 1.11. The largest absolute Gasteiger partial charge is 0.478 e. The summed E-state index contributed by atoms with van der Waals surface area (Å²) in [4.78, 5) is 21.1. The van der Waals surface area contributed by atoms with Gasteiger partial charge in [-0.05, 0) is 17.7 Å². The van der Waals surface area contributed by atoms with Gasteiger partial charge in [0.05, 0.1) is 0 Å². The van der Waals surface area contributed by atoms with Crippen molar-refractivity contribution >= 4 is 23.6 Å². The van der Waals surface area contributed by atoms with Gasteiger partial charge in [0.25, 0.3) is 0 Å². The second-order valence-electron chi connectivity index (χ2n) is 3.21. The second-order valence-corrected chi connectivity index (χ2v) is 3.21. The van der Waals surface area contributed by atoms with Gasteiger partial charge in [-0.1, -0.05) is 18.2 Å². The number of hydrogen-bond donors (Lipinski definition) is 2. The number of carboxylic acids is 1. The van der Waals surface area contributed by atoms with Crippen LogP contribution in [0.5, 0.6) is 0 Å². The molecule has 0 aliphatic rings. The first-order chi connectivity index (χ1) is 8.30. The summed E-state index contributed by atoms with van der Waals surface area (Å²) >= 11 is 0. The van der Waals surface area contributed by atoms with Crippen molar-refractivity contribution in [2.75, 3.05) is 5.32 Å². The predicted octanol–water partition coefficient (Wildman–Crippen LogP) is 2.29. The quantitative estimate of drug-likeness (QED) is 0.818. The molecule has 1 aromatic rings. The molecular weight excluding hydrogens is 251 g/mol. The molecule has 1 rings (SSSR count). The van der Waals surface area contributed by atoms with Gasteiger partial charge in [0, 0.05) is 11.8 Å². The van der Waals surface area contributed by atoms with Crippen molar-refractivity contribution in [3.63, 3.8) is 0 Å². The Morgan fingerprint density at radius 1 is 1.22 bits per heavy atom. The molecule has 0 radical (unpaired) electrons. The van der Waals surface area contributed by atoms with Crippen molar-refractivity contribution < 1.29 is 27.9 Å². The van der Waals surface area contributed by atoms with Crippen LogP contribution < -0.4 is 5.32 Å². The van der Waals surface area contributed by atoms with Gasteiger partial charge in [0.2, 0.25) is 0 Å².